The molecule has 6 nitrogen and oxygen atoms in total. The van der Waals surface area contributed by atoms with Crippen LogP contribution < -0.4 is 0 Å². The molecule has 3 aromatic heterocycles. The van der Waals surface area contributed by atoms with E-state index in [0.717, 1.165) is 89.5 Å². The van der Waals surface area contributed by atoms with Gasteiger partial charge in [-0.15, -0.1) is 0 Å². The number of benzene rings is 6. The molecule has 0 aliphatic heterocycles. The van der Waals surface area contributed by atoms with Crippen molar-refractivity contribution in [3.8, 4) is 62.2 Å². The molecule has 67 heavy (non-hydrogen) atoms. The van der Waals surface area contributed by atoms with Crippen molar-refractivity contribution >= 4 is 12.9 Å². The zero-order valence-corrected chi connectivity index (χ0v) is 40.4. The lowest BCUT2D eigenvalue weighted by Gasteiger charge is -2.24. The molecule has 6 aromatic carbocycles. The van der Waals surface area contributed by atoms with Gasteiger partial charge in [0.25, 0.3) is 0 Å². The van der Waals surface area contributed by atoms with E-state index in [4.69, 9.17) is 14.5 Å². The van der Waals surface area contributed by atoms with Crippen LogP contribution in [-0.2, 0) is 0 Å². The SMILES string of the molecule is Cc1cc(C)c(-n2ccnc2-c2ccc(F)cc2-c2ccn(-c3c(C)cc(C)cc3C)c2-c2ccc(F)cc2C(C)c2cc(F)ccc2-c2nccn2-c2c(C)cc(C)cc2C)c(C)c1.OS. The Hall–Kier alpha value is -6.88. The maximum Gasteiger partial charge on any atom is 0.145 e. The van der Waals surface area contributed by atoms with Crippen molar-refractivity contribution in [3.05, 3.63) is 207 Å². The molecule has 0 saturated carbocycles. The number of thiol groups is 1. The molecule has 0 aliphatic carbocycles. The predicted molar refractivity (Wildman–Crippen MR) is 270 cm³/mol. The van der Waals surface area contributed by atoms with E-state index in [2.05, 4.69) is 125 Å². The van der Waals surface area contributed by atoms with E-state index in [1.165, 1.54) is 24.3 Å². The summed E-state index contributed by atoms with van der Waals surface area (Å²) in [4.78, 5) is 9.78. The number of hydrogen-bond donors (Lipinski definition) is 2. The average molecular weight is 914 g/mol. The number of halogens is 3. The molecule has 0 fully saturated rings. The van der Waals surface area contributed by atoms with Crippen molar-refractivity contribution in [2.24, 2.45) is 0 Å². The van der Waals surface area contributed by atoms with Crippen LogP contribution in [0.5, 0.6) is 0 Å². The van der Waals surface area contributed by atoms with Crippen LogP contribution in [-0.4, -0.2) is 28.2 Å². The van der Waals surface area contributed by atoms with Crippen molar-refractivity contribution < 1.29 is 17.7 Å². The van der Waals surface area contributed by atoms with E-state index >= 15 is 13.2 Å². The van der Waals surface area contributed by atoms with Crippen LogP contribution >= 0.6 is 12.9 Å². The molecule has 9 aromatic rings. The van der Waals surface area contributed by atoms with Crippen LogP contribution in [0.1, 0.15) is 74.0 Å². The van der Waals surface area contributed by atoms with Crippen LogP contribution in [0.25, 0.3) is 62.2 Å². The fraction of sp³-hybridized carbons (Fsp3) is 0.193. The first kappa shape index (κ1) is 46.6. The van der Waals surface area contributed by atoms with E-state index in [-0.39, 0.29) is 0 Å². The largest absolute Gasteiger partial charge is 0.333 e. The summed E-state index contributed by atoms with van der Waals surface area (Å²) in [6, 6.07) is 29.3. The standard InChI is InChI=1S/C57H52F3N5.H2OS/c1-32-23-35(4)52(36(5)24-32)63-20-17-46(51-31-44(60)13-16-48(51)57-62-19-22-65(57)54-39(8)27-34(3)28-40(54)9)55(63)45-14-11-42(58)29-49(45)41(10)50-30-43(59)12-15-47(50)56-61-18-21-64(56)53-37(6)25-33(2)26-38(53)7;1-2/h11-31,41H,1-10H3;1-2H. The monoisotopic (exact) mass is 913 g/mol. The van der Waals surface area contributed by atoms with Crippen molar-refractivity contribution in [2.45, 2.75) is 75.2 Å². The number of hydrogen-bond acceptors (Lipinski definition) is 4. The van der Waals surface area contributed by atoms with Crippen molar-refractivity contribution in [3.63, 3.8) is 0 Å². The highest BCUT2D eigenvalue weighted by Gasteiger charge is 2.28. The van der Waals surface area contributed by atoms with Crippen LogP contribution in [0, 0.1) is 79.8 Å². The molecule has 0 spiro atoms. The summed E-state index contributed by atoms with van der Waals surface area (Å²) in [5.74, 6) is -0.495. The second-order valence-corrected chi connectivity index (χ2v) is 17.8. The molecule has 3 heterocycles. The lowest BCUT2D eigenvalue weighted by molar-refractivity contribution is 0.621. The molecule has 340 valence electrons. The highest BCUT2D eigenvalue weighted by atomic mass is 32.1. The van der Waals surface area contributed by atoms with E-state index in [1.807, 2.05) is 31.6 Å². The Kier molecular flexibility index (Phi) is 13.1. The number of aromatic nitrogens is 5. The Labute approximate surface area is 396 Å². The smallest absolute Gasteiger partial charge is 0.145 e. The third kappa shape index (κ3) is 8.67. The van der Waals surface area contributed by atoms with Gasteiger partial charge in [-0.05, 0) is 186 Å². The van der Waals surface area contributed by atoms with Crippen molar-refractivity contribution in [1.82, 2.24) is 23.7 Å². The van der Waals surface area contributed by atoms with Crippen molar-refractivity contribution in [1.29, 1.82) is 0 Å². The first-order chi connectivity index (χ1) is 32.1. The van der Waals surface area contributed by atoms with Crippen LogP contribution in [0.2, 0.25) is 0 Å². The summed E-state index contributed by atoms with van der Waals surface area (Å²) in [5, 5.41) is 0. The molecule has 1 unspecified atom stereocenters. The van der Waals surface area contributed by atoms with Crippen LogP contribution in [0.15, 0.2) is 128 Å². The van der Waals surface area contributed by atoms with Gasteiger partial charge in [0, 0.05) is 59.2 Å². The summed E-state index contributed by atoms with van der Waals surface area (Å²) in [7, 11) is 0. The maximum atomic E-state index is 16.0. The number of rotatable bonds is 9. The van der Waals surface area contributed by atoms with Gasteiger partial charge in [-0.25, -0.2) is 23.1 Å². The normalized spacial score (nSPS) is 11.7. The van der Waals surface area contributed by atoms with Gasteiger partial charge in [-0.3, -0.25) is 9.13 Å². The number of imidazole rings is 2. The summed E-state index contributed by atoms with van der Waals surface area (Å²) in [6.45, 7) is 20.7. The zero-order valence-electron chi connectivity index (χ0n) is 39.5. The minimum atomic E-state index is -0.550. The highest BCUT2D eigenvalue weighted by Crippen LogP contribution is 2.46. The molecule has 0 aliphatic rings. The fourth-order valence-corrected chi connectivity index (χ4v) is 10.4. The molecule has 0 saturated heterocycles. The first-order valence-corrected chi connectivity index (χ1v) is 22.6. The minimum Gasteiger partial charge on any atom is -0.333 e. The summed E-state index contributed by atoms with van der Waals surface area (Å²) < 4.78 is 60.6. The van der Waals surface area contributed by atoms with E-state index in [0.29, 0.717) is 33.9 Å². The van der Waals surface area contributed by atoms with Gasteiger partial charge in [0.15, 0.2) is 0 Å². The predicted octanol–water partition coefficient (Wildman–Crippen LogP) is 15.3. The van der Waals surface area contributed by atoms with Crippen molar-refractivity contribution in [2.75, 3.05) is 0 Å². The Balaban J connectivity index is 0.00000300. The summed E-state index contributed by atoms with van der Waals surface area (Å²) in [6.07, 6.45) is 9.42. The third-order valence-electron chi connectivity index (χ3n) is 12.8. The Morgan fingerprint density at radius 2 is 0.791 bits per heavy atom. The average Bonchev–Trinajstić information content (AvgIpc) is 4.05. The lowest BCUT2D eigenvalue weighted by Crippen LogP contribution is -2.09. The molecular weight excluding hydrogens is 860 g/mol. The van der Waals surface area contributed by atoms with Gasteiger partial charge in [0.2, 0.25) is 0 Å². The number of aryl methyl sites for hydroxylation is 9. The van der Waals surface area contributed by atoms with E-state index < -0.39 is 23.4 Å². The maximum absolute atomic E-state index is 16.0. The Morgan fingerprint density at radius 3 is 1.25 bits per heavy atom. The van der Waals surface area contributed by atoms with Gasteiger partial charge in [0.05, 0.1) is 22.8 Å². The second-order valence-electron chi connectivity index (χ2n) is 17.8. The zero-order chi connectivity index (χ0) is 48.0. The molecular formula is C57H54F3N5OS. The Morgan fingerprint density at radius 1 is 0.418 bits per heavy atom. The van der Waals surface area contributed by atoms with Gasteiger partial charge in [-0.1, -0.05) is 60.0 Å². The van der Waals surface area contributed by atoms with Gasteiger partial charge in [-0.2, -0.15) is 0 Å². The highest BCUT2D eigenvalue weighted by molar-refractivity contribution is 7.74. The molecule has 0 amide bonds. The molecule has 9 rings (SSSR count). The van der Waals surface area contributed by atoms with E-state index in [9.17, 15) is 0 Å². The summed E-state index contributed by atoms with van der Waals surface area (Å²) >= 11 is 2.53. The lowest BCUT2D eigenvalue weighted by atomic mass is 9.84. The van der Waals surface area contributed by atoms with Crippen LogP contribution in [0.4, 0.5) is 13.2 Å². The first-order valence-electron chi connectivity index (χ1n) is 22.2. The third-order valence-corrected chi connectivity index (χ3v) is 12.8. The Bertz CT molecular complexity index is 3270. The van der Waals surface area contributed by atoms with Crippen LogP contribution in [0.3, 0.4) is 0 Å². The fourth-order valence-electron chi connectivity index (χ4n) is 10.4. The van der Waals surface area contributed by atoms with Gasteiger partial charge >= 0.3 is 0 Å². The summed E-state index contributed by atoms with van der Waals surface area (Å²) in [5.41, 5.74) is 18.4. The van der Waals surface area contributed by atoms with Gasteiger partial charge < -0.3 is 9.12 Å². The molecule has 1 atom stereocenters. The quantitative estimate of drug-likeness (QED) is 0.112. The molecule has 1 N–H and O–H groups in total. The minimum absolute atomic E-state index is 0.405. The molecule has 0 bridgehead atoms. The number of nitrogens with zero attached hydrogens (tertiary/aromatic N) is 5. The topological polar surface area (TPSA) is 60.8 Å². The van der Waals surface area contributed by atoms with Gasteiger partial charge in [0.1, 0.15) is 29.1 Å². The van der Waals surface area contributed by atoms with E-state index in [1.54, 1.807) is 42.7 Å². The molecule has 0 radical (unpaired) electrons. The molecule has 10 heteroatoms. The second kappa shape index (κ2) is 18.8.